The Morgan fingerprint density at radius 3 is 2.68 bits per heavy atom. The van der Waals surface area contributed by atoms with Crippen LogP contribution in [-0.4, -0.2) is 48.1 Å². The van der Waals surface area contributed by atoms with Crippen molar-refractivity contribution in [1.82, 2.24) is 4.90 Å². The van der Waals surface area contributed by atoms with Crippen LogP contribution in [0.4, 0.5) is 5.69 Å². The molecule has 1 heterocycles. The second kappa shape index (κ2) is 5.84. The average Bonchev–Trinajstić information content (AvgIpc) is 2.87. The number of para-hydroxylation sites is 1. The summed E-state index contributed by atoms with van der Waals surface area (Å²) in [5.41, 5.74) is 0.818. The number of anilines is 1. The van der Waals surface area contributed by atoms with Gasteiger partial charge in [0.15, 0.2) is 0 Å². The highest BCUT2D eigenvalue weighted by Crippen LogP contribution is 2.18. The van der Waals surface area contributed by atoms with Crippen LogP contribution in [-0.2, 0) is 9.59 Å². The molecule has 0 spiro atoms. The molecular formula is C14H18N2O3. The van der Waals surface area contributed by atoms with Crippen LogP contribution in [0.15, 0.2) is 30.3 Å². The molecule has 0 unspecified atom stereocenters. The van der Waals surface area contributed by atoms with Crippen molar-refractivity contribution in [3.05, 3.63) is 30.3 Å². The van der Waals surface area contributed by atoms with Crippen LogP contribution in [0.2, 0.25) is 0 Å². The van der Waals surface area contributed by atoms with E-state index in [1.807, 2.05) is 30.3 Å². The van der Waals surface area contributed by atoms with Crippen molar-refractivity contribution >= 4 is 17.6 Å². The number of rotatable bonds is 4. The first-order chi connectivity index (χ1) is 9.09. The van der Waals surface area contributed by atoms with Crippen LogP contribution in [0.25, 0.3) is 0 Å². The highest BCUT2D eigenvalue weighted by molar-refractivity contribution is 5.94. The van der Waals surface area contributed by atoms with Gasteiger partial charge in [0.1, 0.15) is 6.04 Å². The molecule has 1 fully saturated rings. The van der Waals surface area contributed by atoms with E-state index in [-0.39, 0.29) is 12.5 Å². The molecule has 1 saturated heterocycles. The first-order valence-electron chi connectivity index (χ1n) is 6.38. The Morgan fingerprint density at radius 1 is 1.37 bits per heavy atom. The second-order valence-electron chi connectivity index (χ2n) is 4.76. The van der Waals surface area contributed by atoms with E-state index in [0.29, 0.717) is 13.0 Å². The number of hydrogen-bond acceptors (Lipinski definition) is 3. The standard InChI is InChI=1S/C14H18N2O3/c1-15(11-6-3-2-4-7-11)13(17)10-16-9-5-8-12(16)14(18)19/h2-4,6-7,12H,5,8-10H2,1H3,(H,18,19)/t12-/m0/s1. The molecule has 1 aliphatic heterocycles. The van der Waals surface area contributed by atoms with Crippen molar-refractivity contribution in [1.29, 1.82) is 0 Å². The maximum atomic E-state index is 12.2. The molecule has 102 valence electrons. The van der Waals surface area contributed by atoms with E-state index >= 15 is 0 Å². The normalized spacial score (nSPS) is 19.3. The molecule has 5 nitrogen and oxygen atoms in total. The fourth-order valence-electron chi connectivity index (χ4n) is 2.37. The third-order valence-corrected chi connectivity index (χ3v) is 3.50. The highest BCUT2D eigenvalue weighted by atomic mass is 16.4. The van der Waals surface area contributed by atoms with E-state index in [0.717, 1.165) is 12.1 Å². The molecule has 1 N–H and O–H groups in total. The summed E-state index contributed by atoms with van der Waals surface area (Å²) >= 11 is 0. The van der Waals surface area contributed by atoms with Gasteiger partial charge in [0.25, 0.3) is 0 Å². The molecule has 2 rings (SSSR count). The van der Waals surface area contributed by atoms with Gasteiger partial charge in [0.05, 0.1) is 6.54 Å². The zero-order valence-corrected chi connectivity index (χ0v) is 11.0. The Labute approximate surface area is 112 Å². The lowest BCUT2D eigenvalue weighted by atomic mass is 10.2. The molecule has 1 amide bonds. The Morgan fingerprint density at radius 2 is 2.05 bits per heavy atom. The average molecular weight is 262 g/mol. The minimum atomic E-state index is -0.840. The van der Waals surface area contributed by atoms with E-state index in [2.05, 4.69) is 0 Å². The van der Waals surface area contributed by atoms with Crippen LogP contribution in [0.3, 0.4) is 0 Å². The van der Waals surface area contributed by atoms with Crippen molar-refractivity contribution in [2.45, 2.75) is 18.9 Å². The Hall–Kier alpha value is -1.88. The van der Waals surface area contributed by atoms with Crippen LogP contribution in [0.1, 0.15) is 12.8 Å². The zero-order valence-electron chi connectivity index (χ0n) is 11.0. The predicted molar refractivity (Wildman–Crippen MR) is 72.1 cm³/mol. The Kier molecular flexibility index (Phi) is 4.16. The summed E-state index contributed by atoms with van der Waals surface area (Å²) < 4.78 is 0. The number of nitrogens with zero attached hydrogens (tertiary/aromatic N) is 2. The number of aliphatic carboxylic acids is 1. The summed E-state index contributed by atoms with van der Waals surface area (Å²) in [5, 5.41) is 9.09. The van der Waals surface area contributed by atoms with Crippen LogP contribution >= 0.6 is 0 Å². The summed E-state index contributed by atoms with van der Waals surface area (Å²) in [6.45, 7) is 0.827. The zero-order chi connectivity index (χ0) is 13.8. The third kappa shape index (κ3) is 3.12. The molecule has 0 saturated carbocycles. The molecule has 19 heavy (non-hydrogen) atoms. The van der Waals surface area contributed by atoms with Crippen LogP contribution in [0.5, 0.6) is 0 Å². The fraction of sp³-hybridized carbons (Fsp3) is 0.429. The summed E-state index contributed by atoms with van der Waals surface area (Å²) in [5.74, 6) is -0.924. The van der Waals surface area contributed by atoms with Gasteiger partial charge in [0.2, 0.25) is 5.91 Å². The molecule has 0 radical (unpaired) electrons. The van der Waals surface area contributed by atoms with Crippen LogP contribution < -0.4 is 4.90 Å². The lowest BCUT2D eigenvalue weighted by molar-refractivity contribution is -0.142. The number of carboxylic acids is 1. The van der Waals surface area contributed by atoms with Gasteiger partial charge < -0.3 is 10.0 Å². The molecule has 5 heteroatoms. The molecule has 0 aliphatic carbocycles. The smallest absolute Gasteiger partial charge is 0.320 e. The number of amides is 1. The van der Waals surface area contributed by atoms with Gasteiger partial charge in [-0.1, -0.05) is 18.2 Å². The maximum Gasteiger partial charge on any atom is 0.320 e. The van der Waals surface area contributed by atoms with Gasteiger partial charge >= 0.3 is 5.97 Å². The Balaban J connectivity index is 1.99. The van der Waals surface area contributed by atoms with Gasteiger partial charge in [-0.25, -0.2) is 0 Å². The first-order valence-corrected chi connectivity index (χ1v) is 6.38. The van der Waals surface area contributed by atoms with Gasteiger partial charge in [-0.15, -0.1) is 0 Å². The maximum absolute atomic E-state index is 12.2. The van der Waals surface area contributed by atoms with Gasteiger partial charge in [0, 0.05) is 12.7 Å². The van der Waals surface area contributed by atoms with Crippen molar-refractivity contribution in [2.75, 3.05) is 25.0 Å². The van der Waals surface area contributed by atoms with E-state index in [4.69, 9.17) is 5.11 Å². The van der Waals surface area contributed by atoms with E-state index in [9.17, 15) is 9.59 Å². The van der Waals surface area contributed by atoms with Crippen molar-refractivity contribution in [3.8, 4) is 0 Å². The lowest BCUT2D eigenvalue weighted by Crippen LogP contribution is -2.43. The fourth-order valence-corrected chi connectivity index (χ4v) is 2.37. The third-order valence-electron chi connectivity index (χ3n) is 3.50. The lowest BCUT2D eigenvalue weighted by Gasteiger charge is -2.24. The topological polar surface area (TPSA) is 60.9 Å². The highest BCUT2D eigenvalue weighted by Gasteiger charge is 2.32. The summed E-state index contributed by atoms with van der Waals surface area (Å²) in [4.78, 5) is 26.5. The number of carbonyl (C=O) groups is 2. The minimum Gasteiger partial charge on any atom is -0.480 e. The number of hydrogen-bond donors (Lipinski definition) is 1. The van der Waals surface area contributed by atoms with Gasteiger partial charge in [-0.05, 0) is 31.5 Å². The van der Waals surface area contributed by atoms with E-state index in [1.165, 1.54) is 0 Å². The predicted octanol–water partition coefficient (Wildman–Crippen LogP) is 1.20. The SMILES string of the molecule is CN(C(=O)CN1CCC[C@H]1C(=O)O)c1ccccc1. The molecule has 0 aromatic heterocycles. The molecule has 0 bridgehead atoms. The van der Waals surface area contributed by atoms with Gasteiger partial charge in [-0.2, -0.15) is 0 Å². The van der Waals surface area contributed by atoms with Crippen LogP contribution in [0, 0.1) is 0 Å². The minimum absolute atomic E-state index is 0.0839. The van der Waals surface area contributed by atoms with E-state index in [1.54, 1.807) is 16.8 Å². The quantitative estimate of drug-likeness (QED) is 0.885. The number of carbonyl (C=O) groups excluding carboxylic acids is 1. The van der Waals surface area contributed by atoms with E-state index < -0.39 is 12.0 Å². The van der Waals surface area contributed by atoms with Gasteiger partial charge in [-0.3, -0.25) is 14.5 Å². The van der Waals surface area contributed by atoms with Crippen molar-refractivity contribution in [3.63, 3.8) is 0 Å². The number of likely N-dealkylation sites (N-methyl/N-ethyl adjacent to an activating group) is 1. The van der Waals surface area contributed by atoms with Crippen molar-refractivity contribution < 1.29 is 14.7 Å². The summed E-state index contributed by atoms with van der Waals surface area (Å²) in [7, 11) is 1.71. The number of carboxylic acid groups (broad SMARTS) is 1. The molecule has 1 aliphatic rings. The Bertz CT molecular complexity index is 461. The summed E-state index contributed by atoms with van der Waals surface area (Å²) in [6.07, 6.45) is 1.46. The largest absolute Gasteiger partial charge is 0.480 e. The molecular weight excluding hydrogens is 244 g/mol. The van der Waals surface area contributed by atoms with Crippen molar-refractivity contribution in [2.24, 2.45) is 0 Å². The molecule has 1 aromatic carbocycles. The summed E-state index contributed by atoms with van der Waals surface area (Å²) in [6, 6.07) is 8.83. The second-order valence-corrected chi connectivity index (χ2v) is 4.76. The molecule has 1 atom stereocenters. The first kappa shape index (κ1) is 13.5. The molecule has 1 aromatic rings. The monoisotopic (exact) mass is 262 g/mol. The number of benzene rings is 1. The number of likely N-dealkylation sites (tertiary alicyclic amines) is 1.